The van der Waals surface area contributed by atoms with Crippen LogP contribution in [0.2, 0.25) is 0 Å². The molecule has 16 heavy (non-hydrogen) atoms. The maximum Gasteiger partial charge on any atom is 0.0625 e. The van der Waals surface area contributed by atoms with Crippen molar-refractivity contribution in [1.82, 2.24) is 14.7 Å². The van der Waals surface area contributed by atoms with Gasteiger partial charge in [0.2, 0.25) is 0 Å². The molecule has 1 unspecified atom stereocenters. The molecule has 0 spiro atoms. The molecule has 1 atom stereocenters. The lowest BCUT2D eigenvalue weighted by atomic mass is 10.2. The molecule has 0 bridgehead atoms. The molecule has 0 aliphatic carbocycles. The quantitative estimate of drug-likeness (QED) is 0.826. The second-order valence-corrected chi connectivity index (χ2v) is 4.55. The summed E-state index contributed by atoms with van der Waals surface area (Å²) >= 11 is 0. The van der Waals surface area contributed by atoms with Crippen molar-refractivity contribution in [2.45, 2.75) is 38.8 Å². The van der Waals surface area contributed by atoms with Gasteiger partial charge in [0, 0.05) is 19.6 Å². The van der Waals surface area contributed by atoms with Gasteiger partial charge in [-0.25, -0.2) is 0 Å². The monoisotopic (exact) mass is 223 g/mol. The van der Waals surface area contributed by atoms with Crippen LogP contribution in [0, 0.1) is 0 Å². The van der Waals surface area contributed by atoms with Crippen LogP contribution in [0.25, 0.3) is 0 Å². The Morgan fingerprint density at radius 1 is 1.56 bits per heavy atom. The molecule has 90 valence electrons. The Kier molecular flexibility index (Phi) is 3.61. The zero-order valence-corrected chi connectivity index (χ0v) is 10.2. The Morgan fingerprint density at radius 2 is 2.38 bits per heavy atom. The van der Waals surface area contributed by atoms with Crippen molar-refractivity contribution in [1.29, 1.82) is 0 Å². The highest BCUT2D eigenvalue weighted by Gasteiger charge is 2.24. The van der Waals surface area contributed by atoms with E-state index >= 15 is 0 Å². The fraction of sp³-hybridized carbons (Fsp3) is 0.750. The topological polar surface area (TPSA) is 41.3 Å². The number of aliphatic hydroxyl groups excluding tert-OH is 1. The number of hydrogen-bond donors (Lipinski definition) is 1. The summed E-state index contributed by atoms with van der Waals surface area (Å²) in [6.45, 7) is 4.41. The average Bonchev–Trinajstić information content (AvgIpc) is 2.86. The molecule has 1 fully saturated rings. The third-order valence-corrected chi connectivity index (χ3v) is 3.46. The molecule has 4 heteroatoms. The van der Waals surface area contributed by atoms with Gasteiger partial charge in [0.15, 0.2) is 0 Å². The van der Waals surface area contributed by atoms with Gasteiger partial charge in [0.1, 0.15) is 0 Å². The highest BCUT2D eigenvalue weighted by molar-refractivity contribution is 5.10. The van der Waals surface area contributed by atoms with Crippen molar-refractivity contribution in [2.75, 3.05) is 13.2 Å². The summed E-state index contributed by atoms with van der Waals surface area (Å²) in [4.78, 5) is 2.36. The Morgan fingerprint density at radius 3 is 3.00 bits per heavy atom. The zero-order valence-electron chi connectivity index (χ0n) is 10.2. The van der Waals surface area contributed by atoms with Crippen LogP contribution in [-0.2, 0) is 20.0 Å². The summed E-state index contributed by atoms with van der Waals surface area (Å²) in [7, 11) is 2.00. The Labute approximate surface area is 96.9 Å². The predicted octanol–water partition coefficient (Wildman–Crippen LogP) is 0.939. The minimum absolute atomic E-state index is 0.276. The summed E-state index contributed by atoms with van der Waals surface area (Å²) in [6.07, 6.45) is 3.30. The smallest absolute Gasteiger partial charge is 0.0625 e. The number of aromatic nitrogens is 2. The molecular formula is C12H21N3O. The first-order chi connectivity index (χ1) is 7.74. The summed E-state index contributed by atoms with van der Waals surface area (Å²) in [5.41, 5.74) is 2.40. The van der Waals surface area contributed by atoms with Crippen molar-refractivity contribution in [3.63, 3.8) is 0 Å². The van der Waals surface area contributed by atoms with E-state index in [1.54, 1.807) is 0 Å². The minimum Gasteiger partial charge on any atom is -0.395 e. The fourth-order valence-electron chi connectivity index (χ4n) is 2.41. The van der Waals surface area contributed by atoms with Gasteiger partial charge in [-0.3, -0.25) is 9.58 Å². The molecule has 1 aliphatic rings. The van der Waals surface area contributed by atoms with Crippen LogP contribution in [0.15, 0.2) is 6.07 Å². The number of nitrogens with zero attached hydrogens (tertiary/aromatic N) is 3. The van der Waals surface area contributed by atoms with E-state index in [-0.39, 0.29) is 6.61 Å². The zero-order chi connectivity index (χ0) is 11.5. The summed E-state index contributed by atoms with van der Waals surface area (Å²) in [5.74, 6) is 0. The van der Waals surface area contributed by atoms with E-state index in [0.717, 1.165) is 31.6 Å². The van der Waals surface area contributed by atoms with Crippen LogP contribution < -0.4 is 0 Å². The van der Waals surface area contributed by atoms with Crippen LogP contribution in [-0.4, -0.2) is 39.0 Å². The largest absolute Gasteiger partial charge is 0.395 e. The molecular weight excluding hydrogens is 202 g/mol. The normalized spacial score (nSPS) is 21.8. The van der Waals surface area contributed by atoms with Gasteiger partial charge < -0.3 is 5.11 Å². The lowest BCUT2D eigenvalue weighted by molar-refractivity contribution is 0.151. The standard InChI is InChI=1S/C12H21N3O/c1-3-10-7-12(14(2)13-10)8-15-6-4-5-11(15)9-16/h7,11,16H,3-6,8-9H2,1-2H3. The van der Waals surface area contributed by atoms with Crippen molar-refractivity contribution >= 4 is 0 Å². The first-order valence-electron chi connectivity index (χ1n) is 6.11. The molecule has 1 N–H and O–H groups in total. The van der Waals surface area contributed by atoms with Gasteiger partial charge in [0.05, 0.1) is 18.0 Å². The van der Waals surface area contributed by atoms with Gasteiger partial charge in [-0.2, -0.15) is 5.10 Å². The minimum atomic E-state index is 0.276. The van der Waals surface area contributed by atoms with Crippen molar-refractivity contribution in [3.8, 4) is 0 Å². The number of hydrogen-bond acceptors (Lipinski definition) is 3. The van der Waals surface area contributed by atoms with Crippen molar-refractivity contribution in [2.24, 2.45) is 7.05 Å². The van der Waals surface area contributed by atoms with Crippen LogP contribution in [0.1, 0.15) is 31.2 Å². The highest BCUT2D eigenvalue weighted by atomic mass is 16.3. The molecule has 1 aromatic rings. The SMILES string of the molecule is CCc1cc(CN2CCCC2CO)n(C)n1. The van der Waals surface area contributed by atoms with E-state index in [0.29, 0.717) is 6.04 Å². The van der Waals surface area contributed by atoms with Crippen LogP contribution in [0.4, 0.5) is 0 Å². The van der Waals surface area contributed by atoms with E-state index in [1.807, 2.05) is 11.7 Å². The first kappa shape index (κ1) is 11.6. The molecule has 1 saturated heterocycles. The van der Waals surface area contributed by atoms with Crippen LogP contribution in [0.3, 0.4) is 0 Å². The number of aliphatic hydroxyl groups is 1. The van der Waals surface area contributed by atoms with Crippen molar-refractivity contribution < 1.29 is 5.11 Å². The van der Waals surface area contributed by atoms with Gasteiger partial charge in [-0.15, -0.1) is 0 Å². The first-order valence-corrected chi connectivity index (χ1v) is 6.11. The Bertz CT molecular complexity index is 348. The van der Waals surface area contributed by atoms with Gasteiger partial charge in [-0.1, -0.05) is 6.92 Å². The van der Waals surface area contributed by atoms with E-state index in [1.165, 1.54) is 12.1 Å². The summed E-state index contributed by atoms with van der Waals surface area (Å²) in [5, 5.41) is 13.7. The molecule has 1 aromatic heterocycles. The highest BCUT2D eigenvalue weighted by Crippen LogP contribution is 2.19. The van der Waals surface area contributed by atoms with Crippen LogP contribution in [0.5, 0.6) is 0 Å². The van der Waals surface area contributed by atoms with Gasteiger partial charge in [-0.05, 0) is 31.9 Å². The third kappa shape index (κ3) is 2.28. The number of aryl methyl sites for hydroxylation is 2. The number of rotatable bonds is 4. The molecule has 4 nitrogen and oxygen atoms in total. The molecule has 0 amide bonds. The maximum absolute atomic E-state index is 9.27. The average molecular weight is 223 g/mol. The van der Waals surface area contributed by atoms with Crippen LogP contribution >= 0.6 is 0 Å². The Balaban J connectivity index is 2.05. The maximum atomic E-state index is 9.27. The van der Waals surface area contributed by atoms with E-state index < -0.39 is 0 Å². The van der Waals surface area contributed by atoms with Crippen molar-refractivity contribution in [3.05, 3.63) is 17.5 Å². The second kappa shape index (κ2) is 4.97. The predicted molar refractivity (Wildman–Crippen MR) is 63.1 cm³/mol. The Hall–Kier alpha value is -0.870. The lowest BCUT2D eigenvalue weighted by Crippen LogP contribution is -2.32. The number of likely N-dealkylation sites (tertiary alicyclic amines) is 1. The van der Waals surface area contributed by atoms with E-state index in [2.05, 4.69) is 23.0 Å². The second-order valence-electron chi connectivity index (χ2n) is 4.55. The van der Waals surface area contributed by atoms with Gasteiger partial charge >= 0.3 is 0 Å². The van der Waals surface area contributed by atoms with E-state index in [4.69, 9.17) is 0 Å². The molecule has 0 radical (unpaired) electrons. The molecule has 0 saturated carbocycles. The molecule has 0 aromatic carbocycles. The summed E-state index contributed by atoms with van der Waals surface area (Å²) < 4.78 is 1.96. The fourth-order valence-corrected chi connectivity index (χ4v) is 2.41. The molecule has 2 heterocycles. The summed E-state index contributed by atoms with van der Waals surface area (Å²) in [6, 6.07) is 2.52. The molecule has 2 rings (SSSR count). The van der Waals surface area contributed by atoms with E-state index in [9.17, 15) is 5.11 Å². The lowest BCUT2D eigenvalue weighted by Gasteiger charge is -2.22. The van der Waals surface area contributed by atoms with Gasteiger partial charge in [0.25, 0.3) is 0 Å². The third-order valence-electron chi connectivity index (χ3n) is 3.46. The molecule has 1 aliphatic heterocycles.